The second-order valence-electron chi connectivity index (χ2n) is 8.84. The SMILES string of the molecule is Cc1ccc(S(=O)(=O)N2CCC(C(=O)NC(C(=O)Nc3cc(Cl)ccc3Cl)C(C)C)CC2)cc1. The number of anilines is 1. The van der Waals surface area contributed by atoms with Gasteiger partial charge in [-0.05, 0) is 56.0 Å². The van der Waals surface area contributed by atoms with Gasteiger partial charge in [-0.3, -0.25) is 9.59 Å². The zero-order valence-electron chi connectivity index (χ0n) is 19.3. The van der Waals surface area contributed by atoms with Crippen LogP contribution in [-0.4, -0.2) is 43.7 Å². The first-order valence-electron chi connectivity index (χ1n) is 11.1. The summed E-state index contributed by atoms with van der Waals surface area (Å²) in [6.07, 6.45) is 0.757. The van der Waals surface area contributed by atoms with Gasteiger partial charge >= 0.3 is 0 Å². The van der Waals surface area contributed by atoms with Gasteiger partial charge in [0.1, 0.15) is 6.04 Å². The number of amides is 2. The average Bonchev–Trinajstić information content (AvgIpc) is 2.79. The van der Waals surface area contributed by atoms with Crippen LogP contribution >= 0.6 is 23.2 Å². The van der Waals surface area contributed by atoms with Crippen LogP contribution < -0.4 is 10.6 Å². The van der Waals surface area contributed by atoms with Crippen molar-refractivity contribution in [1.82, 2.24) is 9.62 Å². The smallest absolute Gasteiger partial charge is 0.247 e. The van der Waals surface area contributed by atoms with Gasteiger partial charge in [-0.1, -0.05) is 54.7 Å². The van der Waals surface area contributed by atoms with Crippen LogP contribution in [0.4, 0.5) is 5.69 Å². The van der Waals surface area contributed by atoms with E-state index in [0.717, 1.165) is 5.56 Å². The maximum atomic E-state index is 12.9. The molecule has 34 heavy (non-hydrogen) atoms. The quantitative estimate of drug-likeness (QED) is 0.556. The second-order valence-corrected chi connectivity index (χ2v) is 11.6. The number of aryl methyl sites for hydroxylation is 1. The molecule has 1 aliphatic rings. The van der Waals surface area contributed by atoms with Crippen molar-refractivity contribution in [3.05, 3.63) is 58.1 Å². The maximum absolute atomic E-state index is 12.9. The van der Waals surface area contributed by atoms with Gasteiger partial charge in [0, 0.05) is 24.0 Å². The number of carbonyl (C=O) groups excluding carboxylic acids is 2. The lowest BCUT2D eigenvalue weighted by Gasteiger charge is -2.32. The summed E-state index contributed by atoms with van der Waals surface area (Å²) in [5.74, 6) is -1.22. The van der Waals surface area contributed by atoms with Gasteiger partial charge in [0.25, 0.3) is 0 Å². The normalized spacial score (nSPS) is 16.3. The molecule has 1 unspecified atom stereocenters. The Kier molecular flexibility index (Phi) is 8.62. The third-order valence-corrected chi connectivity index (χ3v) is 8.39. The number of halogens is 2. The molecule has 2 amide bonds. The van der Waals surface area contributed by atoms with Gasteiger partial charge in [-0.15, -0.1) is 0 Å². The van der Waals surface area contributed by atoms with Crippen molar-refractivity contribution in [2.75, 3.05) is 18.4 Å². The highest BCUT2D eigenvalue weighted by Crippen LogP contribution is 2.27. The molecule has 2 N–H and O–H groups in total. The zero-order valence-corrected chi connectivity index (χ0v) is 21.7. The molecule has 184 valence electrons. The lowest BCUT2D eigenvalue weighted by atomic mass is 9.95. The third kappa shape index (κ3) is 6.30. The molecule has 3 rings (SSSR count). The molecule has 1 fully saturated rings. The number of rotatable bonds is 7. The fraction of sp³-hybridized carbons (Fsp3) is 0.417. The summed E-state index contributed by atoms with van der Waals surface area (Å²) in [5.41, 5.74) is 1.35. The summed E-state index contributed by atoms with van der Waals surface area (Å²) in [6, 6.07) is 10.7. The number of hydrogen-bond donors (Lipinski definition) is 2. The first-order valence-corrected chi connectivity index (χ1v) is 13.3. The number of nitrogens with zero attached hydrogens (tertiary/aromatic N) is 1. The third-order valence-electron chi connectivity index (χ3n) is 5.92. The van der Waals surface area contributed by atoms with Crippen molar-refractivity contribution >= 4 is 50.7 Å². The van der Waals surface area contributed by atoms with Crippen LogP contribution in [-0.2, 0) is 19.6 Å². The van der Waals surface area contributed by atoms with Gasteiger partial charge in [-0.2, -0.15) is 4.31 Å². The molecule has 0 saturated carbocycles. The molecule has 0 radical (unpaired) electrons. The molecule has 1 aliphatic heterocycles. The van der Waals surface area contributed by atoms with E-state index < -0.39 is 22.0 Å². The Hall–Kier alpha value is -2.13. The Morgan fingerprint density at radius 3 is 2.24 bits per heavy atom. The first-order chi connectivity index (χ1) is 16.0. The van der Waals surface area contributed by atoms with Gasteiger partial charge < -0.3 is 10.6 Å². The average molecular weight is 526 g/mol. The van der Waals surface area contributed by atoms with Crippen molar-refractivity contribution in [3.8, 4) is 0 Å². The van der Waals surface area contributed by atoms with Crippen LogP contribution in [0.1, 0.15) is 32.3 Å². The summed E-state index contributed by atoms with van der Waals surface area (Å²) in [6.45, 7) is 6.05. The van der Waals surface area contributed by atoms with E-state index in [9.17, 15) is 18.0 Å². The topological polar surface area (TPSA) is 95.6 Å². The highest BCUT2D eigenvalue weighted by molar-refractivity contribution is 7.89. The van der Waals surface area contributed by atoms with E-state index in [1.165, 1.54) is 4.31 Å². The van der Waals surface area contributed by atoms with E-state index in [1.54, 1.807) is 42.5 Å². The predicted octanol–water partition coefficient (Wildman–Crippen LogP) is 4.48. The predicted molar refractivity (Wildman–Crippen MR) is 135 cm³/mol. The Morgan fingerprint density at radius 1 is 1.03 bits per heavy atom. The minimum Gasteiger partial charge on any atom is -0.344 e. The number of benzene rings is 2. The summed E-state index contributed by atoms with van der Waals surface area (Å²) in [7, 11) is -3.61. The number of hydrogen-bond acceptors (Lipinski definition) is 4. The van der Waals surface area contributed by atoms with Crippen LogP contribution in [0.3, 0.4) is 0 Å². The summed E-state index contributed by atoms with van der Waals surface area (Å²) < 4.78 is 27.2. The van der Waals surface area contributed by atoms with Gasteiger partial charge in [0.15, 0.2) is 0 Å². The van der Waals surface area contributed by atoms with E-state index in [2.05, 4.69) is 10.6 Å². The van der Waals surface area contributed by atoms with Crippen LogP contribution in [0.2, 0.25) is 10.0 Å². The molecule has 10 heteroatoms. The van der Waals surface area contributed by atoms with Crippen LogP contribution in [0.15, 0.2) is 47.4 Å². The minimum atomic E-state index is -3.61. The molecule has 2 aromatic rings. The fourth-order valence-corrected chi connectivity index (χ4v) is 5.63. The number of nitrogens with one attached hydrogen (secondary N) is 2. The number of carbonyl (C=O) groups is 2. The molecular weight excluding hydrogens is 497 g/mol. The molecule has 0 aliphatic carbocycles. The zero-order chi connectivity index (χ0) is 25.0. The van der Waals surface area contributed by atoms with E-state index in [4.69, 9.17) is 23.2 Å². The maximum Gasteiger partial charge on any atom is 0.247 e. The Morgan fingerprint density at radius 2 is 1.65 bits per heavy atom. The monoisotopic (exact) mass is 525 g/mol. The molecule has 2 aromatic carbocycles. The van der Waals surface area contributed by atoms with Gasteiger partial charge in [0.2, 0.25) is 21.8 Å². The lowest BCUT2D eigenvalue weighted by Crippen LogP contribution is -2.51. The van der Waals surface area contributed by atoms with E-state index in [1.807, 2.05) is 20.8 Å². The van der Waals surface area contributed by atoms with Gasteiger partial charge in [0.05, 0.1) is 15.6 Å². The molecule has 0 bridgehead atoms. The van der Waals surface area contributed by atoms with E-state index in [-0.39, 0.29) is 35.7 Å². The van der Waals surface area contributed by atoms with Crippen molar-refractivity contribution in [1.29, 1.82) is 0 Å². The molecule has 0 aromatic heterocycles. The lowest BCUT2D eigenvalue weighted by molar-refractivity contribution is -0.130. The van der Waals surface area contributed by atoms with E-state index in [0.29, 0.717) is 28.6 Å². The first kappa shape index (κ1) is 26.5. The minimum absolute atomic E-state index is 0.177. The summed E-state index contributed by atoms with van der Waals surface area (Å²) in [4.78, 5) is 26.1. The number of sulfonamides is 1. The van der Waals surface area contributed by atoms with Crippen molar-refractivity contribution in [2.24, 2.45) is 11.8 Å². The number of piperidine rings is 1. The molecular formula is C24H29Cl2N3O4S. The van der Waals surface area contributed by atoms with Crippen molar-refractivity contribution in [2.45, 2.75) is 44.6 Å². The molecule has 0 spiro atoms. The summed E-state index contributed by atoms with van der Waals surface area (Å²) in [5, 5.41) is 6.34. The second kappa shape index (κ2) is 11.1. The Balaban J connectivity index is 1.61. The standard InChI is InChI=1S/C24H29Cl2N3O4S/c1-15(2)22(24(31)27-21-14-18(25)6-9-20(21)26)28-23(30)17-10-12-29(13-11-17)34(32,33)19-7-4-16(3)5-8-19/h4-9,14-15,17,22H,10-13H2,1-3H3,(H,27,31)(H,28,30). The largest absolute Gasteiger partial charge is 0.344 e. The summed E-state index contributed by atoms with van der Waals surface area (Å²) >= 11 is 12.1. The van der Waals surface area contributed by atoms with Crippen molar-refractivity contribution in [3.63, 3.8) is 0 Å². The van der Waals surface area contributed by atoms with Crippen LogP contribution in [0, 0.1) is 18.8 Å². The highest BCUT2D eigenvalue weighted by atomic mass is 35.5. The van der Waals surface area contributed by atoms with Crippen LogP contribution in [0.5, 0.6) is 0 Å². The highest BCUT2D eigenvalue weighted by Gasteiger charge is 2.34. The molecule has 1 saturated heterocycles. The van der Waals surface area contributed by atoms with Crippen molar-refractivity contribution < 1.29 is 18.0 Å². The van der Waals surface area contributed by atoms with Gasteiger partial charge in [-0.25, -0.2) is 8.42 Å². The molecule has 1 atom stereocenters. The van der Waals surface area contributed by atoms with E-state index >= 15 is 0 Å². The Labute approximate surface area is 210 Å². The fourth-order valence-electron chi connectivity index (χ4n) is 3.83. The van der Waals surface area contributed by atoms with Crippen LogP contribution in [0.25, 0.3) is 0 Å². The Bertz CT molecular complexity index is 1150. The molecule has 7 nitrogen and oxygen atoms in total. The molecule has 1 heterocycles.